The van der Waals surface area contributed by atoms with E-state index in [1.54, 1.807) is 6.07 Å². The van der Waals surface area contributed by atoms with E-state index in [1.165, 1.54) is 24.3 Å². The Morgan fingerprint density at radius 1 is 0.806 bits per heavy atom. The van der Waals surface area contributed by atoms with Gasteiger partial charge in [-0.25, -0.2) is 0 Å². The molecule has 0 fully saturated rings. The molecule has 0 aliphatic rings. The second-order valence-corrected chi connectivity index (χ2v) is 7.44. The second-order valence-electron chi connectivity index (χ2n) is 7.44. The van der Waals surface area contributed by atoms with E-state index in [-0.39, 0.29) is 5.56 Å². The van der Waals surface area contributed by atoms with Gasteiger partial charge in [-0.05, 0) is 33.3 Å². The van der Waals surface area contributed by atoms with Crippen LogP contribution in [0.5, 0.6) is 0 Å². The summed E-state index contributed by atoms with van der Waals surface area (Å²) in [5.41, 5.74) is -11.4. The SMILES string of the molecule is CC(=O)[C@@](O)(C(=O)C(O)C(C)O)[C@@](O)(C(C)=O)[C@](O)(C(C)=O)C(=O)Cc1ccccc1. The zero-order valence-corrected chi connectivity index (χ0v) is 17.5. The van der Waals surface area contributed by atoms with Gasteiger partial charge < -0.3 is 25.5 Å². The average molecular weight is 438 g/mol. The van der Waals surface area contributed by atoms with Crippen LogP contribution < -0.4 is 0 Å². The zero-order chi connectivity index (χ0) is 24.4. The van der Waals surface area contributed by atoms with Gasteiger partial charge in [-0.2, -0.15) is 0 Å². The lowest BCUT2D eigenvalue weighted by atomic mass is 9.61. The molecule has 0 bridgehead atoms. The van der Waals surface area contributed by atoms with Crippen molar-refractivity contribution in [2.24, 2.45) is 0 Å². The number of carbonyl (C=O) groups is 5. The lowest BCUT2D eigenvalue weighted by Gasteiger charge is -2.47. The molecule has 170 valence electrons. The van der Waals surface area contributed by atoms with E-state index >= 15 is 0 Å². The van der Waals surface area contributed by atoms with Gasteiger partial charge in [0, 0.05) is 6.42 Å². The fourth-order valence-corrected chi connectivity index (χ4v) is 3.37. The summed E-state index contributed by atoms with van der Waals surface area (Å²) >= 11 is 0. The number of Topliss-reactive ketones (excluding diaryl/α,β-unsaturated/α-hetero) is 5. The van der Waals surface area contributed by atoms with E-state index in [9.17, 15) is 49.5 Å². The Kier molecular flexibility index (Phi) is 7.88. The fraction of sp³-hybridized carbons (Fsp3) is 0.476. The van der Waals surface area contributed by atoms with Crippen LogP contribution in [0.3, 0.4) is 0 Å². The highest BCUT2D eigenvalue weighted by atomic mass is 16.4. The summed E-state index contributed by atoms with van der Waals surface area (Å²) in [6, 6.07) is 7.54. The first-order valence-electron chi connectivity index (χ1n) is 9.27. The maximum Gasteiger partial charge on any atom is 0.223 e. The molecule has 0 spiro atoms. The van der Waals surface area contributed by atoms with Gasteiger partial charge in [-0.1, -0.05) is 30.3 Å². The van der Waals surface area contributed by atoms with Crippen molar-refractivity contribution in [3.05, 3.63) is 35.9 Å². The van der Waals surface area contributed by atoms with Crippen LogP contribution in [0.2, 0.25) is 0 Å². The van der Waals surface area contributed by atoms with Crippen LogP contribution in [0, 0.1) is 0 Å². The van der Waals surface area contributed by atoms with E-state index in [1.807, 2.05) is 0 Å². The van der Waals surface area contributed by atoms with E-state index in [0.717, 1.165) is 6.92 Å². The van der Waals surface area contributed by atoms with Crippen LogP contribution in [0.1, 0.15) is 33.3 Å². The summed E-state index contributed by atoms with van der Waals surface area (Å²) in [5, 5.41) is 52.7. The molecule has 0 saturated carbocycles. The molecular weight excluding hydrogens is 412 g/mol. The first-order chi connectivity index (χ1) is 14.1. The Bertz CT molecular complexity index is 893. The quantitative estimate of drug-likeness (QED) is 0.244. The van der Waals surface area contributed by atoms with Crippen LogP contribution >= 0.6 is 0 Å². The molecule has 0 amide bonds. The second kappa shape index (κ2) is 9.25. The van der Waals surface area contributed by atoms with Gasteiger partial charge in [0.2, 0.25) is 22.6 Å². The van der Waals surface area contributed by atoms with E-state index in [4.69, 9.17) is 0 Å². The summed E-state index contributed by atoms with van der Waals surface area (Å²) in [6.07, 6.45) is -5.09. The number of hydrogen-bond donors (Lipinski definition) is 5. The molecule has 0 aliphatic carbocycles. The van der Waals surface area contributed by atoms with Crippen molar-refractivity contribution in [2.45, 2.75) is 63.1 Å². The Labute approximate surface area is 178 Å². The van der Waals surface area contributed by atoms with Gasteiger partial charge in [0.05, 0.1) is 6.10 Å². The van der Waals surface area contributed by atoms with Gasteiger partial charge >= 0.3 is 0 Å². The molecule has 0 aliphatic heterocycles. The van der Waals surface area contributed by atoms with Crippen molar-refractivity contribution in [3.63, 3.8) is 0 Å². The predicted octanol–water partition coefficient (Wildman–Crippen LogP) is -1.93. The van der Waals surface area contributed by atoms with Crippen molar-refractivity contribution in [1.82, 2.24) is 0 Å². The van der Waals surface area contributed by atoms with Gasteiger partial charge in [0.1, 0.15) is 6.10 Å². The maximum absolute atomic E-state index is 13.0. The summed E-state index contributed by atoms with van der Waals surface area (Å²) in [6.45, 7) is 2.61. The third-order valence-corrected chi connectivity index (χ3v) is 5.27. The molecule has 10 nitrogen and oxygen atoms in total. The summed E-state index contributed by atoms with van der Waals surface area (Å²) in [7, 11) is 0. The highest BCUT2D eigenvalue weighted by Gasteiger charge is 2.75. The van der Waals surface area contributed by atoms with Crippen molar-refractivity contribution in [3.8, 4) is 0 Å². The van der Waals surface area contributed by atoms with Gasteiger partial charge in [-0.15, -0.1) is 0 Å². The first-order valence-corrected chi connectivity index (χ1v) is 9.27. The smallest absolute Gasteiger partial charge is 0.223 e. The fourth-order valence-electron chi connectivity index (χ4n) is 3.37. The molecule has 0 heterocycles. The van der Waals surface area contributed by atoms with Crippen LogP contribution in [0.4, 0.5) is 0 Å². The van der Waals surface area contributed by atoms with Gasteiger partial charge in [0.15, 0.2) is 23.1 Å². The topological polar surface area (TPSA) is 186 Å². The number of aliphatic hydroxyl groups excluding tert-OH is 2. The number of rotatable bonds is 11. The van der Waals surface area contributed by atoms with Crippen molar-refractivity contribution >= 4 is 28.9 Å². The van der Waals surface area contributed by atoms with Crippen LogP contribution in [-0.4, -0.2) is 83.5 Å². The number of benzene rings is 1. The standard InChI is InChI=1S/C21H26O10/c1-11(22)17(27)18(28)20(30,13(3)24)21(31,14(4)25)19(29,12(2)23)16(26)10-15-8-6-5-7-9-15/h5-9,11,17,22,27,29-31H,10H2,1-4H3/t11?,17?,19-,20+,21+/m0/s1. The molecule has 0 aromatic heterocycles. The Hall–Kier alpha value is -2.63. The number of hydrogen-bond acceptors (Lipinski definition) is 10. The lowest BCUT2D eigenvalue weighted by molar-refractivity contribution is -0.226. The Morgan fingerprint density at radius 3 is 1.61 bits per heavy atom. The molecular formula is C21H26O10. The first kappa shape index (κ1) is 26.4. The minimum Gasteiger partial charge on any atom is -0.390 e. The highest BCUT2D eigenvalue weighted by molar-refractivity contribution is 6.23. The summed E-state index contributed by atoms with van der Waals surface area (Å²) < 4.78 is 0. The number of ketones is 5. The van der Waals surface area contributed by atoms with Gasteiger partial charge in [0.25, 0.3) is 0 Å². The van der Waals surface area contributed by atoms with Gasteiger partial charge in [-0.3, -0.25) is 24.0 Å². The van der Waals surface area contributed by atoms with E-state index in [0.29, 0.717) is 20.8 Å². The predicted molar refractivity (Wildman–Crippen MR) is 105 cm³/mol. The van der Waals surface area contributed by atoms with E-state index in [2.05, 4.69) is 0 Å². The molecule has 1 rings (SSSR count). The third-order valence-electron chi connectivity index (χ3n) is 5.27. The van der Waals surface area contributed by atoms with Crippen molar-refractivity contribution in [2.75, 3.05) is 0 Å². The minimum atomic E-state index is -4.00. The highest BCUT2D eigenvalue weighted by Crippen LogP contribution is 2.39. The molecule has 5 N–H and O–H groups in total. The molecule has 10 heteroatoms. The maximum atomic E-state index is 13.0. The summed E-state index contributed by atoms with van der Waals surface area (Å²) in [5.74, 6) is -8.31. The molecule has 2 unspecified atom stereocenters. The van der Waals surface area contributed by atoms with Crippen molar-refractivity contribution < 1.29 is 49.5 Å². The Balaban J connectivity index is 3.85. The van der Waals surface area contributed by atoms with E-state index < -0.39 is 64.3 Å². The molecule has 31 heavy (non-hydrogen) atoms. The normalized spacial score (nSPS) is 19.1. The third kappa shape index (κ3) is 4.12. The number of carbonyl (C=O) groups excluding carboxylic acids is 5. The average Bonchev–Trinajstić information content (AvgIpc) is 2.70. The number of aliphatic hydroxyl groups is 5. The largest absolute Gasteiger partial charge is 0.390 e. The molecule has 0 radical (unpaired) electrons. The lowest BCUT2D eigenvalue weighted by Crippen LogP contribution is -2.81. The Morgan fingerprint density at radius 2 is 1.26 bits per heavy atom. The minimum absolute atomic E-state index is 0.250. The van der Waals surface area contributed by atoms with Crippen LogP contribution in [-0.2, 0) is 30.4 Å². The van der Waals surface area contributed by atoms with Crippen LogP contribution in [0.15, 0.2) is 30.3 Å². The summed E-state index contributed by atoms with van der Waals surface area (Å²) in [4.78, 5) is 63.0. The molecule has 0 saturated heterocycles. The van der Waals surface area contributed by atoms with Crippen LogP contribution in [0.25, 0.3) is 0 Å². The molecule has 1 aromatic carbocycles. The molecule has 1 aromatic rings. The van der Waals surface area contributed by atoms with Crippen molar-refractivity contribution in [1.29, 1.82) is 0 Å². The molecule has 5 atom stereocenters. The zero-order valence-electron chi connectivity index (χ0n) is 17.5. The monoisotopic (exact) mass is 438 g/mol.